The van der Waals surface area contributed by atoms with Crippen molar-refractivity contribution in [3.05, 3.63) is 63.2 Å². The number of aromatic hydroxyl groups is 1. The summed E-state index contributed by atoms with van der Waals surface area (Å²) in [4.78, 5) is 44.2. The SMILES string of the molecule is CC(=O)Oc1ccc2c(c1)C(=O)c1c(CC3=CCN=C3)c(O[C@H]3O[C@H](C)[C@@H](O)[C@@H](O)[C@H]3O)c(C3CCNCC3)c(O)c1C2=O. The Kier molecular flexibility index (Phi) is 8.12. The molecule has 5 N–H and O–H groups in total. The molecular formula is C32H34N2O10. The van der Waals surface area contributed by atoms with Gasteiger partial charge in [-0.3, -0.25) is 19.4 Å². The summed E-state index contributed by atoms with van der Waals surface area (Å²) < 4.78 is 17.3. The zero-order valence-corrected chi connectivity index (χ0v) is 24.3. The molecule has 0 saturated carbocycles. The second kappa shape index (κ2) is 11.9. The summed E-state index contributed by atoms with van der Waals surface area (Å²) in [6.45, 7) is 4.44. The Morgan fingerprint density at radius 2 is 1.77 bits per heavy atom. The van der Waals surface area contributed by atoms with Crippen LogP contribution in [-0.2, 0) is 16.0 Å². The number of ketones is 2. The van der Waals surface area contributed by atoms with Crippen molar-refractivity contribution in [3.8, 4) is 17.2 Å². The number of aliphatic hydroxyl groups is 3. The number of allylic oxidation sites excluding steroid dienone is 1. The fourth-order valence-corrected chi connectivity index (χ4v) is 6.40. The van der Waals surface area contributed by atoms with Gasteiger partial charge < -0.3 is 40.0 Å². The molecule has 12 heteroatoms. The van der Waals surface area contributed by atoms with Gasteiger partial charge in [-0.2, -0.15) is 0 Å². The van der Waals surface area contributed by atoms with Crippen LogP contribution in [0.15, 0.2) is 34.8 Å². The van der Waals surface area contributed by atoms with Crippen LogP contribution in [0.5, 0.6) is 17.2 Å². The van der Waals surface area contributed by atoms with Crippen LogP contribution in [0.1, 0.15) is 75.6 Å². The summed E-state index contributed by atoms with van der Waals surface area (Å²) in [5.74, 6) is -2.28. The zero-order valence-electron chi connectivity index (χ0n) is 24.3. The third-order valence-corrected chi connectivity index (χ3v) is 8.65. The van der Waals surface area contributed by atoms with Gasteiger partial charge in [0, 0.05) is 47.4 Å². The third kappa shape index (κ3) is 5.22. The van der Waals surface area contributed by atoms with E-state index in [0.29, 0.717) is 38.0 Å². The number of ether oxygens (including phenoxy) is 3. The van der Waals surface area contributed by atoms with Crippen LogP contribution >= 0.6 is 0 Å². The van der Waals surface area contributed by atoms with Gasteiger partial charge in [0.15, 0.2) is 11.6 Å². The van der Waals surface area contributed by atoms with E-state index >= 15 is 0 Å². The number of carbonyl (C=O) groups excluding carboxylic acids is 3. The average molecular weight is 607 g/mol. The molecule has 0 amide bonds. The number of benzene rings is 2. The maximum atomic E-state index is 14.3. The lowest BCUT2D eigenvalue weighted by atomic mass is 9.76. The summed E-state index contributed by atoms with van der Waals surface area (Å²) in [6.07, 6.45) is -2.20. The normalized spacial score (nSPS) is 26.7. The van der Waals surface area contributed by atoms with E-state index in [2.05, 4.69) is 10.3 Å². The number of phenolic OH excluding ortho intramolecular Hbond substituents is 1. The highest BCUT2D eigenvalue weighted by Crippen LogP contribution is 2.50. The third-order valence-electron chi connectivity index (χ3n) is 8.65. The molecule has 4 aliphatic rings. The molecule has 12 nitrogen and oxygen atoms in total. The van der Waals surface area contributed by atoms with E-state index in [1.54, 1.807) is 6.21 Å². The van der Waals surface area contributed by atoms with Gasteiger partial charge in [-0.05, 0) is 62.5 Å². The number of fused-ring (bicyclic) bond motifs is 2. The predicted molar refractivity (Wildman–Crippen MR) is 156 cm³/mol. The Hall–Kier alpha value is -3.94. The maximum Gasteiger partial charge on any atom is 0.308 e. The van der Waals surface area contributed by atoms with E-state index in [-0.39, 0.29) is 51.7 Å². The molecule has 2 saturated heterocycles. The fourth-order valence-electron chi connectivity index (χ4n) is 6.40. The Morgan fingerprint density at radius 1 is 1.05 bits per heavy atom. The Morgan fingerprint density at radius 3 is 2.45 bits per heavy atom. The summed E-state index contributed by atoms with van der Waals surface area (Å²) in [7, 11) is 0. The number of aliphatic imine (C=N–C) groups is 1. The average Bonchev–Trinajstić information content (AvgIpc) is 3.52. The Bertz CT molecular complexity index is 1590. The van der Waals surface area contributed by atoms with Crippen molar-refractivity contribution in [1.82, 2.24) is 5.32 Å². The molecule has 2 fully saturated rings. The number of aliphatic hydroxyl groups excluding tert-OH is 3. The second-order valence-electron chi connectivity index (χ2n) is 11.6. The van der Waals surface area contributed by atoms with Crippen LogP contribution in [0.25, 0.3) is 0 Å². The minimum atomic E-state index is -1.66. The highest BCUT2D eigenvalue weighted by Gasteiger charge is 2.46. The first-order valence-corrected chi connectivity index (χ1v) is 14.7. The summed E-state index contributed by atoms with van der Waals surface area (Å²) >= 11 is 0. The number of rotatable bonds is 6. The number of nitrogens with one attached hydrogen (secondary N) is 1. The number of hydrogen-bond acceptors (Lipinski definition) is 12. The lowest BCUT2D eigenvalue weighted by molar-refractivity contribution is -0.268. The molecule has 0 unspecified atom stereocenters. The van der Waals surface area contributed by atoms with Crippen molar-refractivity contribution >= 4 is 23.8 Å². The van der Waals surface area contributed by atoms with Crippen molar-refractivity contribution in [2.75, 3.05) is 19.6 Å². The highest BCUT2D eigenvalue weighted by atomic mass is 16.7. The van der Waals surface area contributed by atoms with Crippen LogP contribution in [-0.4, -0.2) is 94.5 Å². The molecule has 6 rings (SSSR count). The first-order chi connectivity index (χ1) is 21.1. The van der Waals surface area contributed by atoms with Crippen LogP contribution in [0.4, 0.5) is 0 Å². The van der Waals surface area contributed by atoms with Gasteiger partial charge >= 0.3 is 5.97 Å². The van der Waals surface area contributed by atoms with E-state index in [9.17, 15) is 34.8 Å². The number of carbonyl (C=O) groups is 3. The van der Waals surface area contributed by atoms with Gasteiger partial charge in [-0.15, -0.1) is 0 Å². The minimum Gasteiger partial charge on any atom is -0.507 e. The fraction of sp³-hybridized carbons (Fsp3) is 0.438. The van der Waals surface area contributed by atoms with Crippen LogP contribution < -0.4 is 14.8 Å². The van der Waals surface area contributed by atoms with E-state index in [4.69, 9.17) is 14.2 Å². The minimum absolute atomic E-state index is 0.00217. The van der Waals surface area contributed by atoms with E-state index in [1.807, 2.05) is 6.08 Å². The molecule has 44 heavy (non-hydrogen) atoms. The molecule has 3 aliphatic heterocycles. The number of phenols is 1. The van der Waals surface area contributed by atoms with E-state index in [0.717, 1.165) is 5.57 Å². The van der Waals surface area contributed by atoms with Crippen molar-refractivity contribution in [2.45, 2.75) is 69.7 Å². The zero-order chi connectivity index (χ0) is 31.3. The van der Waals surface area contributed by atoms with Gasteiger partial charge in [-0.25, -0.2) is 0 Å². The lowest BCUT2D eigenvalue weighted by Gasteiger charge is -2.40. The monoisotopic (exact) mass is 606 g/mol. The molecule has 2 aromatic carbocycles. The second-order valence-corrected chi connectivity index (χ2v) is 11.6. The molecule has 0 aromatic heterocycles. The van der Waals surface area contributed by atoms with Crippen molar-refractivity contribution in [1.29, 1.82) is 0 Å². The predicted octanol–water partition coefficient (Wildman–Crippen LogP) is 1.32. The lowest BCUT2D eigenvalue weighted by Crippen LogP contribution is -2.58. The van der Waals surface area contributed by atoms with Crippen molar-refractivity contribution in [3.63, 3.8) is 0 Å². The topological polar surface area (TPSA) is 184 Å². The first kappa shape index (κ1) is 30.1. The molecule has 0 bridgehead atoms. The maximum absolute atomic E-state index is 14.3. The van der Waals surface area contributed by atoms with E-state index < -0.39 is 54.0 Å². The largest absolute Gasteiger partial charge is 0.507 e. The standard InChI is InChI=1S/C32H34N2O10/c1-14-25(36)29(40)30(41)32(42-14)44-31-21(11-16-5-8-34-13-16)23-24(28(39)22(31)17-6-9-33-10-7-17)26(37)19-4-3-18(43-15(2)35)12-20(19)27(23)38/h3-5,12-14,17,25,29-30,32-33,36,39-41H,6-11H2,1-2H3/t14-,25-,29-,30-,32-/m1/s1. The molecule has 232 valence electrons. The highest BCUT2D eigenvalue weighted by molar-refractivity contribution is 6.30. The van der Waals surface area contributed by atoms with Crippen molar-refractivity contribution < 1.29 is 49.0 Å². The first-order valence-electron chi connectivity index (χ1n) is 14.7. The summed E-state index contributed by atoms with van der Waals surface area (Å²) in [5, 5.41) is 46.8. The van der Waals surface area contributed by atoms with Gasteiger partial charge in [0.25, 0.3) is 0 Å². The van der Waals surface area contributed by atoms with Gasteiger partial charge in [-0.1, -0.05) is 6.08 Å². The molecule has 2 aromatic rings. The Balaban J connectivity index is 1.59. The van der Waals surface area contributed by atoms with Crippen LogP contribution in [0.3, 0.4) is 0 Å². The van der Waals surface area contributed by atoms with Gasteiger partial charge in [0.1, 0.15) is 35.6 Å². The summed E-state index contributed by atoms with van der Waals surface area (Å²) in [5.41, 5.74) is 1.17. The molecule has 3 heterocycles. The number of piperidine rings is 1. The van der Waals surface area contributed by atoms with E-state index in [1.165, 1.54) is 32.0 Å². The number of hydrogen-bond donors (Lipinski definition) is 5. The molecular weight excluding hydrogens is 572 g/mol. The van der Waals surface area contributed by atoms with Crippen LogP contribution in [0, 0.1) is 0 Å². The molecule has 0 spiro atoms. The number of nitrogens with zero attached hydrogens (tertiary/aromatic N) is 1. The quantitative estimate of drug-likeness (QED) is 0.201. The molecule has 5 atom stereocenters. The number of esters is 1. The van der Waals surface area contributed by atoms with Crippen molar-refractivity contribution in [2.24, 2.45) is 4.99 Å². The molecule has 1 aliphatic carbocycles. The van der Waals surface area contributed by atoms with Gasteiger partial charge in [0.05, 0.1) is 18.2 Å². The van der Waals surface area contributed by atoms with Crippen LogP contribution in [0.2, 0.25) is 0 Å². The van der Waals surface area contributed by atoms with Gasteiger partial charge in [0.2, 0.25) is 6.29 Å². The smallest absolute Gasteiger partial charge is 0.308 e. The Labute approximate surface area is 253 Å². The summed E-state index contributed by atoms with van der Waals surface area (Å²) in [6, 6.07) is 4.14. The molecule has 0 radical (unpaired) electrons.